The Balaban J connectivity index is 1.09. The van der Waals surface area contributed by atoms with Crippen LogP contribution in [0.2, 0.25) is 0 Å². The van der Waals surface area contributed by atoms with E-state index in [0.717, 1.165) is 29.8 Å². The molecule has 3 heterocycles. The van der Waals surface area contributed by atoms with Crippen molar-refractivity contribution in [3.05, 3.63) is 77.0 Å². The number of halogens is 1. The van der Waals surface area contributed by atoms with Crippen LogP contribution in [0.15, 0.2) is 58.8 Å². The number of rotatable bonds is 6. The van der Waals surface area contributed by atoms with E-state index in [0.29, 0.717) is 56.5 Å². The average Bonchev–Trinajstić information content (AvgIpc) is 3.86. The van der Waals surface area contributed by atoms with Crippen molar-refractivity contribution in [2.24, 2.45) is 28.6 Å². The molecule has 10 nitrogen and oxygen atoms in total. The van der Waals surface area contributed by atoms with Crippen LogP contribution in [0, 0.1) is 28.6 Å². The second-order valence-electron chi connectivity index (χ2n) is 15.0. The number of aliphatic hydroxyl groups is 1. The summed E-state index contributed by atoms with van der Waals surface area (Å²) in [7, 11) is 0. The van der Waals surface area contributed by atoms with Crippen LogP contribution < -0.4 is 0 Å². The standard InChI is InChI=1S/C38H42FN3O7S/c1-36-19-24-21-40-42(26-6-3-5-23(17-26)33(44)41-12-15-47-16-13-41)29(24)18-25(36)8-9-27-28-10-11-38(35(46)50-22-39,37(28,2)20-30(43)32(27)36)49-34(45)31-7-4-14-48-31/h3-7,14,17-18,21,27-28,30,32,43H,8-13,15-16,19-20,22H2,1-2H3/t27-,28-,30-,32+,36-,37-,38-/m0/s1. The van der Waals surface area contributed by atoms with Gasteiger partial charge in [-0.3, -0.25) is 9.59 Å². The molecule has 3 saturated carbocycles. The third-order valence-corrected chi connectivity index (χ3v) is 13.4. The van der Waals surface area contributed by atoms with E-state index in [1.54, 1.807) is 6.07 Å². The van der Waals surface area contributed by atoms with E-state index in [1.807, 2.05) is 47.0 Å². The first kappa shape index (κ1) is 33.4. The van der Waals surface area contributed by atoms with Crippen LogP contribution in [-0.2, 0) is 20.7 Å². The second kappa shape index (κ2) is 12.5. The zero-order valence-electron chi connectivity index (χ0n) is 28.3. The highest BCUT2D eigenvalue weighted by atomic mass is 32.2. The fraction of sp³-hybridized carbons (Fsp3) is 0.526. The number of alkyl halides is 1. The van der Waals surface area contributed by atoms with Gasteiger partial charge in [-0.05, 0) is 115 Å². The number of hydrogen-bond acceptors (Lipinski definition) is 9. The summed E-state index contributed by atoms with van der Waals surface area (Å²) in [6.07, 6.45) is 8.17. The number of aromatic nitrogens is 2. The third-order valence-electron chi connectivity index (χ3n) is 12.7. The number of allylic oxidation sites excluding steroid dienone is 1. The van der Waals surface area contributed by atoms with Crippen molar-refractivity contribution in [1.82, 2.24) is 14.7 Å². The largest absolute Gasteiger partial charge is 0.457 e. The summed E-state index contributed by atoms with van der Waals surface area (Å²) < 4.78 is 32.4. The first-order valence-electron chi connectivity index (χ1n) is 17.5. The van der Waals surface area contributed by atoms with E-state index in [9.17, 15) is 23.9 Å². The molecule has 8 rings (SSSR count). The quantitative estimate of drug-likeness (QED) is 0.314. The lowest BCUT2D eigenvalue weighted by atomic mass is 9.45. The number of fused-ring (bicyclic) bond motifs is 6. The van der Waals surface area contributed by atoms with Gasteiger partial charge >= 0.3 is 5.97 Å². The molecular weight excluding hydrogens is 661 g/mol. The normalized spacial score (nSPS) is 33.0. The molecule has 1 amide bonds. The lowest BCUT2D eigenvalue weighted by molar-refractivity contribution is -0.175. The van der Waals surface area contributed by atoms with Gasteiger partial charge in [-0.15, -0.1) is 0 Å². The maximum absolute atomic E-state index is 13.8. The molecule has 0 radical (unpaired) electrons. The molecule has 264 valence electrons. The first-order valence-corrected chi connectivity index (χ1v) is 18.5. The number of carbonyl (C=O) groups excluding carboxylic acids is 3. The van der Waals surface area contributed by atoms with Gasteiger partial charge in [-0.2, -0.15) is 5.10 Å². The molecule has 1 aromatic carbocycles. The number of aliphatic hydroxyl groups excluding tert-OH is 1. The van der Waals surface area contributed by atoms with Crippen molar-refractivity contribution < 1.29 is 37.8 Å². The molecule has 0 spiro atoms. The molecule has 1 saturated heterocycles. The number of ether oxygens (including phenoxy) is 2. The van der Waals surface area contributed by atoms with Crippen molar-refractivity contribution in [2.75, 3.05) is 32.3 Å². The minimum Gasteiger partial charge on any atom is -0.457 e. The van der Waals surface area contributed by atoms with Crippen LogP contribution in [0.5, 0.6) is 0 Å². The lowest BCUT2D eigenvalue weighted by Crippen LogP contribution is -2.62. The molecule has 4 fully saturated rings. The maximum Gasteiger partial charge on any atom is 0.375 e. The minimum absolute atomic E-state index is 0.0151. The van der Waals surface area contributed by atoms with Crippen molar-refractivity contribution in [3.8, 4) is 5.69 Å². The van der Waals surface area contributed by atoms with Crippen LogP contribution in [0.1, 0.15) is 78.1 Å². The summed E-state index contributed by atoms with van der Waals surface area (Å²) in [6, 6.07) is 9.73. The zero-order valence-corrected chi connectivity index (χ0v) is 29.1. The van der Waals surface area contributed by atoms with Crippen molar-refractivity contribution >= 4 is 34.8 Å². The first-order chi connectivity index (χ1) is 24.1. The predicted molar refractivity (Wildman–Crippen MR) is 183 cm³/mol. The topological polar surface area (TPSA) is 124 Å². The molecule has 12 heteroatoms. The molecule has 0 unspecified atom stereocenters. The predicted octanol–water partition coefficient (Wildman–Crippen LogP) is 5.87. The highest BCUT2D eigenvalue weighted by molar-refractivity contribution is 8.13. The lowest BCUT2D eigenvalue weighted by Gasteiger charge is -2.60. The molecule has 5 aliphatic rings. The van der Waals surface area contributed by atoms with E-state index in [1.165, 1.54) is 17.9 Å². The number of amides is 1. The number of thioether (sulfide) groups is 1. The Bertz CT molecular complexity index is 1850. The van der Waals surface area contributed by atoms with Crippen molar-refractivity contribution in [1.29, 1.82) is 0 Å². The Morgan fingerprint density at radius 1 is 1.14 bits per heavy atom. The number of furan rings is 1. The number of nitrogens with zero attached hydrogens (tertiary/aromatic N) is 3. The van der Waals surface area contributed by atoms with Crippen molar-refractivity contribution in [3.63, 3.8) is 0 Å². The molecule has 2 aromatic heterocycles. The highest BCUT2D eigenvalue weighted by Crippen LogP contribution is 2.69. The monoisotopic (exact) mass is 703 g/mol. The Labute approximate surface area is 294 Å². The summed E-state index contributed by atoms with van der Waals surface area (Å²) in [4.78, 5) is 42.1. The number of morpholine rings is 1. The van der Waals surface area contributed by atoms with Crippen LogP contribution in [0.4, 0.5) is 4.39 Å². The van der Waals surface area contributed by atoms with Crippen LogP contribution in [-0.4, -0.2) is 80.8 Å². The van der Waals surface area contributed by atoms with Gasteiger partial charge < -0.3 is 23.9 Å². The number of benzene rings is 1. The van der Waals surface area contributed by atoms with Gasteiger partial charge in [0, 0.05) is 24.1 Å². The third kappa shape index (κ3) is 5.04. The Kier molecular flexibility index (Phi) is 8.34. The van der Waals surface area contributed by atoms with Crippen molar-refractivity contribution in [2.45, 2.75) is 64.1 Å². The molecule has 3 aromatic rings. The molecule has 1 N–H and O–H groups in total. The van der Waals surface area contributed by atoms with Gasteiger partial charge in [0.15, 0.2) is 5.60 Å². The maximum atomic E-state index is 13.8. The fourth-order valence-electron chi connectivity index (χ4n) is 10.4. The Hall–Kier alpha value is -3.74. The van der Waals surface area contributed by atoms with E-state index >= 15 is 0 Å². The van der Waals surface area contributed by atoms with E-state index in [2.05, 4.69) is 13.0 Å². The molecule has 0 bridgehead atoms. The Morgan fingerprint density at radius 3 is 2.72 bits per heavy atom. The molecule has 1 aliphatic heterocycles. The number of carbonyl (C=O) groups is 3. The summed E-state index contributed by atoms with van der Waals surface area (Å²) in [5.74, 6) is -0.827. The van der Waals surface area contributed by atoms with Gasteiger partial charge in [0.1, 0.15) is 6.01 Å². The summed E-state index contributed by atoms with van der Waals surface area (Å²) >= 11 is 0.532. The molecular formula is C38H42FN3O7S. The summed E-state index contributed by atoms with van der Waals surface area (Å²) in [5.41, 5.74) is 1.92. The van der Waals surface area contributed by atoms with E-state index in [-0.39, 0.29) is 47.7 Å². The van der Waals surface area contributed by atoms with Gasteiger partial charge in [-0.1, -0.05) is 25.5 Å². The number of esters is 1. The average molecular weight is 704 g/mol. The van der Waals surface area contributed by atoms with Crippen LogP contribution in [0.25, 0.3) is 11.8 Å². The zero-order chi connectivity index (χ0) is 34.8. The molecule has 4 aliphatic carbocycles. The number of hydrogen-bond donors (Lipinski definition) is 1. The van der Waals surface area contributed by atoms with Crippen LogP contribution >= 0.6 is 11.8 Å². The molecule has 7 atom stereocenters. The van der Waals surface area contributed by atoms with Crippen LogP contribution in [0.3, 0.4) is 0 Å². The summed E-state index contributed by atoms with van der Waals surface area (Å²) in [5, 5.41) is 16.5. The highest BCUT2D eigenvalue weighted by Gasteiger charge is 2.71. The molecule has 50 heavy (non-hydrogen) atoms. The van der Waals surface area contributed by atoms with Gasteiger partial charge in [-0.25, -0.2) is 13.9 Å². The van der Waals surface area contributed by atoms with E-state index < -0.39 is 34.2 Å². The Morgan fingerprint density at radius 2 is 1.96 bits per heavy atom. The van der Waals surface area contributed by atoms with Gasteiger partial charge in [0.05, 0.1) is 43.2 Å². The fourth-order valence-corrected chi connectivity index (χ4v) is 11.1. The summed E-state index contributed by atoms with van der Waals surface area (Å²) in [6.45, 7) is 6.41. The van der Waals surface area contributed by atoms with E-state index in [4.69, 9.17) is 19.0 Å². The second-order valence-corrected chi connectivity index (χ2v) is 15.9. The van der Waals surface area contributed by atoms with Gasteiger partial charge in [0.25, 0.3) is 5.91 Å². The smallest absolute Gasteiger partial charge is 0.375 e. The van der Waals surface area contributed by atoms with Gasteiger partial charge in [0.2, 0.25) is 10.9 Å². The minimum atomic E-state index is -1.58. The SMILES string of the molecule is C[C@]12Cc3cnn(-c4cccc(C(=O)N5CCOCC5)c4)c3C=C1CC[C@@H]1[C@@H]2[C@@H](O)C[C@@]2(C)[C@H]1CC[C@]2(OC(=O)c1ccco1)C(=O)SCF.